The van der Waals surface area contributed by atoms with Crippen molar-refractivity contribution in [2.45, 2.75) is 30.7 Å². The Bertz CT molecular complexity index is 171. The molecule has 1 aliphatic rings. The number of hydrogen-bond donors (Lipinski definition) is 3. The largest absolute Gasteiger partial charge is 0.394 e. The summed E-state index contributed by atoms with van der Waals surface area (Å²) in [6.07, 6.45) is -4.55. The number of methoxy groups -OCH3 is 2. The van der Waals surface area contributed by atoms with Crippen molar-refractivity contribution < 1.29 is 29.5 Å². The van der Waals surface area contributed by atoms with Crippen molar-refractivity contribution in [3.63, 3.8) is 0 Å². The third kappa shape index (κ3) is 2.05. The van der Waals surface area contributed by atoms with E-state index in [1.165, 1.54) is 14.2 Å². The number of aliphatic hydroxyl groups excluding tert-OH is 3. The lowest BCUT2D eigenvalue weighted by atomic mass is 10.1. The second kappa shape index (κ2) is 5.01. The molecule has 0 aromatic heterocycles. The van der Waals surface area contributed by atoms with E-state index in [1.54, 1.807) is 0 Å². The van der Waals surface area contributed by atoms with Gasteiger partial charge in [-0.1, -0.05) is 0 Å². The molecule has 0 unspecified atom stereocenters. The van der Waals surface area contributed by atoms with Crippen LogP contribution in [0.15, 0.2) is 0 Å². The Morgan fingerprint density at radius 3 is 2.29 bits per heavy atom. The van der Waals surface area contributed by atoms with Gasteiger partial charge in [0, 0.05) is 14.2 Å². The maximum atomic E-state index is 9.55. The van der Waals surface area contributed by atoms with Gasteiger partial charge in [0.15, 0.2) is 6.29 Å². The van der Waals surface area contributed by atoms with Crippen LogP contribution in [-0.2, 0) is 14.2 Å². The number of aliphatic hydroxyl groups is 3. The normalized spacial score (nSPS) is 40.1. The molecule has 1 aliphatic heterocycles. The van der Waals surface area contributed by atoms with E-state index in [9.17, 15) is 10.2 Å². The van der Waals surface area contributed by atoms with Gasteiger partial charge in [-0.3, -0.25) is 0 Å². The predicted octanol–water partition coefficient (Wildman–Crippen LogP) is -1.91. The molecule has 6 nitrogen and oxygen atoms in total. The molecule has 0 amide bonds. The average Bonchev–Trinajstić information content (AvgIpc) is 2.48. The number of hydrogen-bond acceptors (Lipinski definition) is 6. The average molecular weight is 208 g/mol. The minimum absolute atomic E-state index is 0.290. The first-order valence-corrected chi connectivity index (χ1v) is 4.33. The van der Waals surface area contributed by atoms with Crippen LogP contribution in [0.25, 0.3) is 0 Å². The van der Waals surface area contributed by atoms with Gasteiger partial charge in [-0.05, 0) is 0 Å². The summed E-state index contributed by atoms with van der Waals surface area (Å²) in [6, 6.07) is 0. The summed E-state index contributed by atoms with van der Waals surface area (Å²) in [5.74, 6) is 0. The minimum Gasteiger partial charge on any atom is -0.394 e. The highest BCUT2D eigenvalue weighted by Gasteiger charge is 2.46. The molecule has 14 heavy (non-hydrogen) atoms. The van der Waals surface area contributed by atoms with Crippen molar-refractivity contribution in [2.75, 3.05) is 20.8 Å². The van der Waals surface area contributed by atoms with Crippen molar-refractivity contribution in [2.24, 2.45) is 0 Å². The van der Waals surface area contributed by atoms with Crippen molar-refractivity contribution in [1.82, 2.24) is 0 Å². The molecule has 0 bridgehead atoms. The molecule has 5 atom stereocenters. The molecule has 1 rings (SSSR count). The van der Waals surface area contributed by atoms with Crippen LogP contribution in [0.1, 0.15) is 0 Å². The van der Waals surface area contributed by atoms with Gasteiger partial charge in [-0.15, -0.1) is 0 Å². The molecule has 1 saturated heterocycles. The van der Waals surface area contributed by atoms with Gasteiger partial charge in [0.2, 0.25) is 0 Å². The van der Waals surface area contributed by atoms with E-state index in [-0.39, 0.29) is 6.61 Å². The molecule has 0 aromatic rings. The van der Waals surface area contributed by atoms with Crippen LogP contribution in [0.3, 0.4) is 0 Å². The highest BCUT2D eigenvalue weighted by atomic mass is 16.7. The molecule has 0 aliphatic carbocycles. The van der Waals surface area contributed by atoms with E-state index in [2.05, 4.69) is 0 Å². The summed E-state index contributed by atoms with van der Waals surface area (Å²) in [4.78, 5) is 0. The molecule has 0 radical (unpaired) electrons. The molecule has 1 fully saturated rings. The third-order valence-electron chi connectivity index (χ3n) is 2.34. The van der Waals surface area contributed by atoms with Gasteiger partial charge in [-0.2, -0.15) is 0 Å². The maximum absolute atomic E-state index is 9.55. The lowest BCUT2D eigenvalue weighted by Gasteiger charge is -2.21. The summed E-state index contributed by atoms with van der Waals surface area (Å²) >= 11 is 0. The van der Waals surface area contributed by atoms with E-state index in [0.717, 1.165) is 0 Å². The van der Waals surface area contributed by atoms with Gasteiger partial charge in [-0.25, -0.2) is 0 Å². The summed E-state index contributed by atoms with van der Waals surface area (Å²) < 4.78 is 14.9. The monoisotopic (exact) mass is 208 g/mol. The highest BCUT2D eigenvalue weighted by molar-refractivity contribution is 4.90. The van der Waals surface area contributed by atoms with Gasteiger partial charge >= 0.3 is 0 Å². The molecule has 1 heterocycles. The van der Waals surface area contributed by atoms with Crippen LogP contribution < -0.4 is 0 Å². The molecule has 3 N–H and O–H groups in total. The molecule has 84 valence electrons. The van der Waals surface area contributed by atoms with Gasteiger partial charge in [0.25, 0.3) is 0 Å². The number of ether oxygens (including phenoxy) is 3. The van der Waals surface area contributed by atoms with E-state index in [1.807, 2.05) is 0 Å². The zero-order chi connectivity index (χ0) is 10.7. The Morgan fingerprint density at radius 2 is 1.93 bits per heavy atom. The summed E-state index contributed by atoms with van der Waals surface area (Å²) in [7, 11) is 2.76. The lowest BCUT2D eigenvalue weighted by molar-refractivity contribution is -0.170. The van der Waals surface area contributed by atoms with E-state index >= 15 is 0 Å². The molecule has 0 aromatic carbocycles. The Balaban J connectivity index is 2.63. The topological polar surface area (TPSA) is 88.4 Å². The Hall–Kier alpha value is -0.240. The van der Waals surface area contributed by atoms with Gasteiger partial charge in [0.05, 0.1) is 6.61 Å². The standard InChI is InChI=1S/C8H16O6/c1-12-4(3-9)7-5(10)6(11)8(13-2)14-7/h4-11H,3H2,1-2H3/t4-,5-,6-,7-,8-/m1/s1. The third-order valence-corrected chi connectivity index (χ3v) is 2.34. The van der Waals surface area contributed by atoms with Crippen LogP contribution in [0.5, 0.6) is 0 Å². The number of rotatable bonds is 4. The van der Waals surface area contributed by atoms with Crippen LogP contribution in [0, 0.1) is 0 Å². The molecule has 0 spiro atoms. The maximum Gasteiger partial charge on any atom is 0.186 e. The molecule has 0 saturated carbocycles. The second-order valence-electron chi connectivity index (χ2n) is 3.14. The Kier molecular flexibility index (Phi) is 4.24. The van der Waals surface area contributed by atoms with Crippen LogP contribution >= 0.6 is 0 Å². The fourth-order valence-electron chi connectivity index (χ4n) is 1.49. The molecular formula is C8H16O6. The van der Waals surface area contributed by atoms with Gasteiger partial charge < -0.3 is 29.5 Å². The Labute approximate surface area is 82.0 Å². The SMILES string of the molecule is CO[C@@H]1O[C@H]([C@@H](CO)OC)[C@H](O)[C@H]1O. The zero-order valence-corrected chi connectivity index (χ0v) is 8.16. The first-order chi connectivity index (χ1) is 6.65. The highest BCUT2D eigenvalue weighted by Crippen LogP contribution is 2.24. The fourth-order valence-corrected chi connectivity index (χ4v) is 1.49. The first kappa shape index (κ1) is 11.8. The molecule has 6 heteroatoms. The fraction of sp³-hybridized carbons (Fsp3) is 1.00. The van der Waals surface area contributed by atoms with Crippen LogP contribution in [0.4, 0.5) is 0 Å². The second-order valence-corrected chi connectivity index (χ2v) is 3.14. The van der Waals surface area contributed by atoms with Crippen LogP contribution in [-0.4, -0.2) is 66.9 Å². The van der Waals surface area contributed by atoms with Gasteiger partial charge in [0.1, 0.15) is 24.4 Å². The first-order valence-electron chi connectivity index (χ1n) is 4.33. The van der Waals surface area contributed by atoms with E-state index in [4.69, 9.17) is 19.3 Å². The van der Waals surface area contributed by atoms with Crippen molar-refractivity contribution >= 4 is 0 Å². The quantitative estimate of drug-likeness (QED) is 0.499. The van der Waals surface area contributed by atoms with Crippen molar-refractivity contribution in [3.8, 4) is 0 Å². The van der Waals surface area contributed by atoms with Crippen LogP contribution in [0.2, 0.25) is 0 Å². The van der Waals surface area contributed by atoms with Crippen molar-refractivity contribution in [1.29, 1.82) is 0 Å². The van der Waals surface area contributed by atoms with E-state index < -0.39 is 30.7 Å². The summed E-state index contributed by atoms with van der Waals surface area (Å²) in [5.41, 5.74) is 0. The Morgan fingerprint density at radius 1 is 1.29 bits per heavy atom. The predicted molar refractivity (Wildman–Crippen MR) is 45.6 cm³/mol. The minimum atomic E-state index is -1.12. The van der Waals surface area contributed by atoms with Crippen molar-refractivity contribution in [3.05, 3.63) is 0 Å². The van der Waals surface area contributed by atoms with E-state index in [0.29, 0.717) is 0 Å². The zero-order valence-electron chi connectivity index (χ0n) is 8.16. The molecular weight excluding hydrogens is 192 g/mol. The lowest BCUT2D eigenvalue weighted by Crippen LogP contribution is -2.41. The summed E-state index contributed by atoms with van der Waals surface area (Å²) in [6.45, 7) is -0.290. The summed E-state index contributed by atoms with van der Waals surface area (Å²) in [5, 5.41) is 27.9. The smallest absolute Gasteiger partial charge is 0.186 e.